The summed E-state index contributed by atoms with van der Waals surface area (Å²) >= 11 is 0. The van der Waals surface area contributed by atoms with Gasteiger partial charge >= 0.3 is 0 Å². The molecule has 1 fully saturated rings. The van der Waals surface area contributed by atoms with Gasteiger partial charge in [0, 0.05) is 30.9 Å². The molecule has 0 aliphatic carbocycles. The van der Waals surface area contributed by atoms with E-state index in [1.165, 1.54) is 5.82 Å². The van der Waals surface area contributed by atoms with E-state index >= 15 is 0 Å². The standard InChI is InChI=1S/C17H30N4O/c1-5-15-18-8-11-21(15)12-14-6-9-20(10-7-14)13-16(22)19-17(2,3)4/h8,11,14H,5-7,9-10,12-13H2,1-4H3,(H,19,22). The number of aryl methyl sites for hydroxylation is 1. The van der Waals surface area contributed by atoms with Gasteiger partial charge in [-0.25, -0.2) is 4.98 Å². The number of piperidine rings is 1. The molecule has 124 valence electrons. The van der Waals surface area contributed by atoms with Crippen molar-refractivity contribution in [3.63, 3.8) is 0 Å². The maximum Gasteiger partial charge on any atom is 0.234 e. The van der Waals surface area contributed by atoms with E-state index in [1.54, 1.807) is 0 Å². The van der Waals surface area contributed by atoms with Crippen molar-refractivity contribution in [1.82, 2.24) is 19.8 Å². The van der Waals surface area contributed by atoms with Crippen LogP contribution in [0.2, 0.25) is 0 Å². The molecule has 0 spiro atoms. The first-order valence-electron chi connectivity index (χ1n) is 8.40. The van der Waals surface area contributed by atoms with E-state index < -0.39 is 0 Å². The fourth-order valence-corrected chi connectivity index (χ4v) is 3.09. The van der Waals surface area contributed by atoms with Crippen LogP contribution in [0.15, 0.2) is 12.4 Å². The van der Waals surface area contributed by atoms with Crippen LogP contribution in [0.5, 0.6) is 0 Å². The molecule has 0 aromatic carbocycles. The van der Waals surface area contributed by atoms with Crippen LogP contribution in [0.3, 0.4) is 0 Å². The summed E-state index contributed by atoms with van der Waals surface area (Å²) in [5.74, 6) is 2.00. The Morgan fingerprint density at radius 3 is 2.64 bits per heavy atom. The van der Waals surface area contributed by atoms with E-state index in [0.717, 1.165) is 38.9 Å². The summed E-state index contributed by atoms with van der Waals surface area (Å²) in [7, 11) is 0. The second-order valence-corrected chi connectivity index (χ2v) is 7.37. The fourth-order valence-electron chi connectivity index (χ4n) is 3.09. The Balaban J connectivity index is 1.75. The molecule has 0 atom stereocenters. The first kappa shape index (κ1) is 17.0. The lowest BCUT2D eigenvalue weighted by Gasteiger charge is -2.32. The number of nitrogens with one attached hydrogen (secondary N) is 1. The molecule has 1 amide bonds. The van der Waals surface area contributed by atoms with Gasteiger partial charge in [-0.05, 0) is 52.6 Å². The van der Waals surface area contributed by atoms with Crippen molar-refractivity contribution in [1.29, 1.82) is 0 Å². The number of carbonyl (C=O) groups is 1. The van der Waals surface area contributed by atoms with Gasteiger partial charge in [-0.15, -0.1) is 0 Å². The highest BCUT2D eigenvalue weighted by Crippen LogP contribution is 2.19. The number of rotatable bonds is 5. The lowest BCUT2D eigenvalue weighted by molar-refractivity contribution is -0.124. The summed E-state index contributed by atoms with van der Waals surface area (Å²) in [5.41, 5.74) is -0.145. The van der Waals surface area contributed by atoms with Crippen molar-refractivity contribution in [2.75, 3.05) is 19.6 Å². The summed E-state index contributed by atoms with van der Waals surface area (Å²) in [6, 6.07) is 0. The zero-order chi connectivity index (χ0) is 16.2. The van der Waals surface area contributed by atoms with Crippen LogP contribution in [0.1, 0.15) is 46.4 Å². The predicted molar refractivity (Wildman–Crippen MR) is 88.7 cm³/mol. The summed E-state index contributed by atoms with van der Waals surface area (Å²) < 4.78 is 2.28. The van der Waals surface area contributed by atoms with Gasteiger partial charge in [-0.3, -0.25) is 9.69 Å². The van der Waals surface area contributed by atoms with E-state index in [2.05, 4.69) is 32.9 Å². The third-order valence-corrected chi connectivity index (χ3v) is 4.16. The molecule has 22 heavy (non-hydrogen) atoms. The molecular formula is C17H30N4O. The van der Waals surface area contributed by atoms with E-state index in [4.69, 9.17) is 0 Å². The number of nitrogens with zero attached hydrogens (tertiary/aromatic N) is 3. The zero-order valence-electron chi connectivity index (χ0n) is 14.4. The molecule has 1 aliphatic heterocycles. The molecule has 5 heteroatoms. The lowest BCUT2D eigenvalue weighted by Crippen LogP contribution is -2.47. The average Bonchev–Trinajstić information content (AvgIpc) is 2.86. The number of imidazole rings is 1. The van der Waals surface area contributed by atoms with Crippen LogP contribution in [0, 0.1) is 5.92 Å². The Kier molecular flexibility index (Phi) is 5.62. The summed E-state index contributed by atoms with van der Waals surface area (Å²) in [6.45, 7) is 11.8. The number of carbonyl (C=O) groups excluding carboxylic acids is 1. The minimum Gasteiger partial charge on any atom is -0.350 e. The third kappa shape index (κ3) is 5.13. The fraction of sp³-hybridized carbons (Fsp3) is 0.765. The molecule has 2 heterocycles. The predicted octanol–water partition coefficient (Wildman–Crippen LogP) is 2.07. The van der Waals surface area contributed by atoms with Crippen LogP contribution in [-0.2, 0) is 17.8 Å². The van der Waals surface area contributed by atoms with Crippen LogP contribution in [-0.4, -0.2) is 45.5 Å². The number of hydrogen-bond donors (Lipinski definition) is 1. The molecule has 2 rings (SSSR count). The second-order valence-electron chi connectivity index (χ2n) is 7.37. The first-order chi connectivity index (χ1) is 10.4. The van der Waals surface area contributed by atoms with Crippen molar-refractivity contribution in [2.45, 2.75) is 59.0 Å². The van der Waals surface area contributed by atoms with E-state index in [9.17, 15) is 4.79 Å². The van der Waals surface area contributed by atoms with Gasteiger partial charge in [0.2, 0.25) is 5.91 Å². The Hall–Kier alpha value is -1.36. The van der Waals surface area contributed by atoms with Gasteiger partial charge < -0.3 is 9.88 Å². The molecule has 0 unspecified atom stereocenters. The van der Waals surface area contributed by atoms with Gasteiger partial charge in [-0.2, -0.15) is 0 Å². The Morgan fingerprint density at radius 2 is 2.05 bits per heavy atom. The summed E-state index contributed by atoms with van der Waals surface area (Å²) in [5, 5.41) is 3.04. The molecule has 0 bridgehead atoms. The highest BCUT2D eigenvalue weighted by Gasteiger charge is 2.23. The van der Waals surface area contributed by atoms with Gasteiger partial charge in [0.15, 0.2) is 0 Å². The first-order valence-corrected chi connectivity index (χ1v) is 8.40. The Labute approximate surface area is 134 Å². The molecule has 1 aliphatic rings. The minimum absolute atomic E-state index is 0.133. The maximum absolute atomic E-state index is 12.0. The smallest absolute Gasteiger partial charge is 0.234 e. The zero-order valence-corrected chi connectivity index (χ0v) is 14.4. The van der Waals surface area contributed by atoms with Crippen LogP contribution in [0.25, 0.3) is 0 Å². The van der Waals surface area contributed by atoms with Gasteiger partial charge in [0.05, 0.1) is 6.54 Å². The molecule has 1 N–H and O–H groups in total. The number of amides is 1. The van der Waals surface area contributed by atoms with Crippen LogP contribution >= 0.6 is 0 Å². The third-order valence-electron chi connectivity index (χ3n) is 4.16. The van der Waals surface area contributed by atoms with Gasteiger partial charge in [0.25, 0.3) is 0 Å². The number of hydrogen-bond acceptors (Lipinski definition) is 3. The highest BCUT2D eigenvalue weighted by molar-refractivity contribution is 5.78. The molecule has 1 aromatic rings. The Bertz CT molecular complexity index is 481. The molecule has 0 saturated carbocycles. The van der Waals surface area contributed by atoms with Crippen molar-refractivity contribution < 1.29 is 4.79 Å². The second kappa shape index (κ2) is 7.27. The van der Waals surface area contributed by atoms with E-state index in [-0.39, 0.29) is 11.4 Å². The van der Waals surface area contributed by atoms with Crippen molar-refractivity contribution >= 4 is 5.91 Å². The lowest BCUT2D eigenvalue weighted by atomic mass is 9.96. The topological polar surface area (TPSA) is 50.2 Å². The molecule has 5 nitrogen and oxygen atoms in total. The van der Waals surface area contributed by atoms with E-state index in [1.807, 2.05) is 27.0 Å². The molecule has 0 radical (unpaired) electrons. The van der Waals surface area contributed by atoms with Gasteiger partial charge in [-0.1, -0.05) is 6.92 Å². The quantitative estimate of drug-likeness (QED) is 0.906. The number of likely N-dealkylation sites (tertiary alicyclic amines) is 1. The highest BCUT2D eigenvalue weighted by atomic mass is 16.2. The van der Waals surface area contributed by atoms with E-state index in [0.29, 0.717) is 12.5 Å². The minimum atomic E-state index is -0.145. The number of aromatic nitrogens is 2. The normalized spacial score (nSPS) is 17.6. The average molecular weight is 306 g/mol. The van der Waals surface area contributed by atoms with Crippen molar-refractivity contribution in [3.8, 4) is 0 Å². The van der Waals surface area contributed by atoms with Crippen LogP contribution in [0.4, 0.5) is 0 Å². The monoisotopic (exact) mass is 306 g/mol. The summed E-state index contributed by atoms with van der Waals surface area (Å²) in [4.78, 5) is 18.6. The maximum atomic E-state index is 12.0. The molecular weight excluding hydrogens is 276 g/mol. The van der Waals surface area contributed by atoms with Gasteiger partial charge in [0.1, 0.15) is 5.82 Å². The largest absolute Gasteiger partial charge is 0.350 e. The summed E-state index contributed by atoms with van der Waals surface area (Å²) in [6.07, 6.45) is 7.28. The Morgan fingerprint density at radius 1 is 1.36 bits per heavy atom. The van der Waals surface area contributed by atoms with Crippen molar-refractivity contribution in [3.05, 3.63) is 18.2 Å². The van der Waals surface area contributed by atoms with Crippen LogP contribution < -0.4 is 5.32 Å². The molecule has 1 aromatic heterocycles. The SMILES string of the molecule is CCc1nccn1CC1CCN(CC(=O)NC(C)(C)C)CC1. The van der Waals surface area contributed by atoms with Crippen molar-refractivity contribution in [2.24, 2.45) is 5.92 Å². The molecule has 1 saturated heterocycles.